The summed E-state index contributed by atoms with van der Waals surface area (Å²) in [6.07, 6.45) is 0. The number of hydrogen-bond acceptors (Lipinski definition) is 2. The summed E-state index contributed by atoms with van der Waals surface area (Å²) >= 11 is 3.49. The zero-order valence-electron chi connectivity index (χ0n) is 10.6. The van der Waals surface area contributed by atoms with E-state index < -0.39 is 0 Å². The Morgan fingerprint density at radius 1 is 1.33 bits per heavy atom. The Balaban J connectivity index is 2.43. The average Bonchev–Trinajstić information content (AvgIpc) is 2.24. The van der Waals surface area contributed by atoms with Gasteiger partial charge in [0.15, 0.2) is 0 Å². The number of hydrogen-bond donors (Lipinski definition) is 1. The van der Waals surface area contributed by atoms with Crippen molar-refractivity contribution in [2.45, 2.75) is 20.8 Å². The number of anilines is 1. The summed E-state index contributed by atoms with van der Waals surface area (Å²) in [4.78, 5) is 25.0. The summed E-state index contributed by atoms with van der Waals surface area (Å²) in [7, 11) is 0. The quantitative estimate of drug-likeness (QED) is 0.867. The summed E-state index contributed by atoms with van der Waals surface area (Å²) in [5.74, 6) is -0.410. The molecule has 0 spiro atoms. The van der Waals surface area contributed by atoms with E-state index in [1.807, 2.05) is 32.9 Å². The van der Waals surface area contributed by atoms with E-state index in [4.69, 9.17) is 0 Å². The first-order valence-electron chi connectivity index (χ1n) is 5.79. The molecule has 1 aliphatic heterocycles. The molecule has 4 nitrogen and oxygen atoms in total. The molecule has 0 aliphatic carbocycles. The molecule has 2 rings (SSSR count). The van der Waals surface area contributed by atoms with Crippen LogP contribution in [0.5, 0.6) is 0 Å². The van der Waals surface area contributed by atoms with Gasteiger partial charge in [-0.15, -0.1) is 0 Å². The van der Waals surface area contributed by atoms with Crippen molar-refractivity contribution in [2.24, 2.45) is 5.92 Å². The van der Waals surface area contributed by atoms with Crippen LogP contribution in [0, 0.1) is 19.8 Å². The SMILES string of the molecule is Cc1cc(C)c(N2CC(C)C(=O)NC2=O)c(Br)c1. The Kier molecular flexibility index (Phi) is 3.43. The Labute approximate surface area is 114 Å². The summed E-state index contributed by atoms with van der Waals surface area (Å²) < 4.78 is 0.872. The second kappa shape index (κ2) is 4.72. The minimum absolute atomic E-state index is 0.199. The highest BCUT2D eigenvalue weighted by Gasteiger charge is 2.31. The van der Waals surface area contributed by atoms with Crippen LogP contribution in [-0.4, -0.2) is 18.5 Å². The number of imide groups is 1. The van der Waals surface area contributed by atoms with Gasteiger partial charge in [-0.05, 0) is 47.0 Å². The molecule has 3 amide bonds. The average molecular weight is 311 g/mol. The monoisotopic (exact) mass is 310 g/mol. The van der Waals surface area contributed by atoms with Gasteiger partial charge in [0.1, 0.15) is 0 Å². The van der Waals surface area contributed by atoms with Crippen LogP contribution in [0.1, 0.15) is 18.1 Å². The molecule has 0 radical (unpaired) electrons. The van der Waals surface area contributed by atoms with Crippen LogP contribution in [-0.2, 0) is 4.79 Å². The van der Waals surface area contributed by atoms with Crippen molar-refractivity contribution >= 4 is 33.6 Å². The van der Waals surface area contributed by atoms with E-state index >= 15 is 0 Å². The molecule has 1 atom stereocenters. The highest BCUT2D eigenvalue weighted by molar-refractivity contribution is 9.10. The topological polar surface area (TPSA) is 49.4 Å². The van der Waals surface area contributed by atoms with Crippen LogP contribution in [0.25, 0.3) is 0 Å². The van der Waals surface area contributed by atoms with Gasteiger partial charge >= 0.3 is 6.03 Å². The predicted octanol–water partition coefficient (Wildman–Crippen LogP) is 2.76. The molecule has 0 bridgehead atoms. The molecule has 1 aromatic rings. The van der Waals surface area contributed by atoms with Crippen LogP contribution in [0.2, 0.25) is 0 Å². The smallest absolute Gasteiger partial charge is 0.292 e. The van der Waals surface area contributed by atoms with Gasteiger partial charge in [-0.25, -0.2) is 4.79 Å². The Morgan fingerprint density at radius 3 is 2.61 bits per heavy atom. The van der Waals surface area contributed by atoms with Crippen molar-refractivity contribution in [3.8, 4) is 0 Å². The van der Waals surface area contributed by atoms with E-state index in [-0.39, 0.29) is 17.9 Å². The molecule has 1 aliphatic rings. The van der Waals surface area contributed by atoms with Gasteiger partial charge in [0.2, 0.25) is 5.91 Å². The first kappa shape index (κ1) is 13.1. The van der Waals surface area contributed by atoms with Gasteiger partial charge in [0.05, 0.1) is 11.6 Å². The molecule has 1 N–H and O–H groups in total. The number of carbonyl (C=O) groups is 2. The molecule has 1 saturated heterocycles. The lowest BCUT2D eigenvalue weighted by Crippen LogP contribution is -2.54. The molecule has 1 heterocycles. The maximum Gasteiger partial charge on any atom is 0.328 e. The summed E-state index contributed by atoms with van der Waals surface area (Å²) in [6, 6.07) is 3.64. The second-order valence-corrected chi connectivity index (χ2v) is 5.57. The number of halogens is 1. The zero-order chi connectivity index (χ0) is 13.4. The highest BCUT2D eigenvalue weighted by atomic mass is 79.9. The lowest BCUT2D eigenvalue weighted by atomic mass is 10.1. The Morgan fingerprint density at radius 2 is 2.00 bits per heavy atom. The molecular formula is C13H15BrN2O2. The van der Waals surface area contributed by atoms with Crippen LogP contribution in [0.15, 0.2) is 16.6 Å². The minimum Gasteiger partial charge on any atom is -0.292 e. The fourth-order valence-electron chi connectivity index (χ4n) is 2.18. The lowest BCUT2D eigenvalue weighted by Gasteiger charge is -2.32. The molecule has 5 heteroatoms. The number of urea groups is 1. The normalized spacial score (nSPS) is 20.0. The zero-order valence-corrected chi connectivity index (χ0v) is 12.2. The fourth-order valence-corrected chi connectivity index (χ4v) is 3.07. The van der Waals surface area contributed by atoms with Gasteiger partial charge in [0.25, 0.3) is 0 Å². The third-order valence-electron chi connectivity index (χ3n) is 3.05. The molecule has 18 heavy (non-hydrogen) atoms. The summed E-state index contributed by atoms with van der Waals surface area (Å²) in [6.45, 7) is 6.19. The van der Waals surface area contributed by atoms with E-state index in [9.17, 15) is 9.59 Å². The largest absolute Gasteiger partial charge is 0.328 e. The molecule has 1 fully saturated rings. The van der Waals surface area contributed by atoms with E-state index in [1.165, 1.54) is 0 Å². The van der Waals surface area contributed by atoms with Crippen molar-refractivity contribution < 1.29 is 9.59 Å². The van der Waals surface area contributed by atoms with E-state index in [0.717, 1.165) is 21.3 Å². The number of amides is 3. The number of aryl methyl sites for hydroxylation is 2. The number of nitrogens with zero attached hydrogens (tertiary/aromatic N) is 1. The minimum atomic E-state index is -0.356. The summed E-state index contributed by atoms with van der Waals surface area (Å²) in [5, 5.41) is 2.37. The van der Waals surface area contributed by atoms with E-state index in [1.54, 1.807) is 4.90 Å². The molecule has 96 valence electrons. The fraction of sp³-hybridized carbons (Fsp3) is 0.385. The van der Waals surface area contributed by atoms with Gasteiger partial charge < -0.3 is 0 Å². The maximum absolute atomic E-state index is 11.9. The summed E-state index contributed by atoms with van der Waals surface area (Å²) in [5.41, 5.74) is 2.97. The van der Waals surface area contributed by atoms with Crippen molar-refractivity contribution in [3.05, 3.63) is 27.7 Å². The number of benzene rings is 1. The number of nitrogens with one attached hydrogen (secondary N) is 1. The van der Waals surface area contributed by atoms with Gasteiger partial charge in [-0.1, -0.05) is 13.0 Å². The first-order valence-corrected chi connectivity index (χ1v) is 6.58. The number of rotatable bonds is 1. The first-order chi connectivity index (χ1) is 8.40. The predicted molar refractivity (Wildman–Crippen MR) is 73.7 cm³/mol. The molecule has 0 aromatic heterocycles. The van der Waals surface area contributed by atoms with Crippen molar-refractivity contribution in [1.82, 2.24) is 5.32 Å². The standard InChI is InChI=1S/C13H15BrN2O2/c1-7-4-8(2)11(10(14)5-7)16-6-9(3)12(17)15-13(16)18/h4-5,9H,6H2,1-3H3,(H,15,17,18). The van der Waals surface area contributed by atoms with Crippen LogP contribution < -0.4 is 10.2 Å². The van der Waals surface area contributed by atoms with E-state index in [2.05, 4.69) is 21.2 Å². The van der Waals surface area contributed by atoms with Crippen molar-refractivity contribution in [1.29, 1.82) is 0 Å². The molecule has 0 saturated carbocycles. The van der Waals surface area contributed by atoms with Crippen LogP contribution in [0.3, 0.4) is 0 Å². The third-order valence-corrected chi connectivity index (χ3v) is 3.65. The molecule has 1 unspecified atom stereocenters. The number of carbonyl (C=O) groups excluding carboxylic acids is 2. The lowest BCUT2D eigenvalue weighted by molar-refractivity contribution is -0.123. The maximum atomic E-state index is 11.9. The molecular weight excluding hydrogens is 296 g/mol. The van der Waals surface area contributed by atoms with E-state index in [0.29, 0.717) is 6.54 Å². The van der Waals surface area contributed by atoms with Gasteiger partial charge in [0, 0.05) is 11.0 Å². The van der Waals surface area contributed by atoms with Crippen LogP contribution >= 0.6 is 15.9 Å². The Hall–Kier alpha value is -1.36. The third kappa shape index (κ3) is 2.27. The van der Waals surface area contributed by atoms with Crippen molar-refractivity contribution in [3.63, 3.8) is 0 Å². The van der Waals surface area contributed by atoms with Crippen molar-refractivity contribution in [2.75, 3.05) is 11.4 Å². The van der Waals surface area contributed by atoms with Crippen LogP contribution in [0.4, 0.5) is 10.5 Å². The highest BCUT2D eigenvalue weighted by Crippen LogP contribution is 2.32. The van der Waals surface area contributed by atoms with Gasteiger partial charge in [-0.3, -0.25) is 15.0 Å². The second-order valence-electron chi connectivity index (χ2n) is 4.72. The Bertz CT molecular complexity index is 505. The van der Waals surface area contributed by atoms with Gasteiger partial charge in [-0.2, -0.15) is 0 Å². The molecule has 1 aromatic carbocycles.